The van der Waals surface area contributed by atoms with E-state index in [0.29, 0.717) is 17.0 Å². The van der Waals surface area contributed by atoms with E-state index in [2.05, 4.69) is 12.2 Å². The molecular formula is C22H27N3O2. The lowest BCUT2D eigenvalue weighted by Crippen LogP contribution is -2.37. The molecule has 0 aliphatic carbocycles. The molecule has 0 saturated carbocycles. The fourth-order valence-corrected chi connectivity index (χ4v) is 3.20. The molecule has 2 amide bonds. The second-order valence-corrected chi connectivity index (χ2v) is 7.45. The maximum Gasteiger partial charge on any atom is 0.255 e. The number of rotatable bonds is 4. The average Bonchev–Trinajstić information content (AvgIpc) is 2.68. The average molecular weight is 365 g/mol. The Morgan fingerprint density at radius 3 is 2.04 bits per heavy atom. The summed E-state index contributed by atoms with van der Waals surface area (Å²) in [5.41, 5.74) is 2.99. The van der Waals surface area contributed by atoms with Crippen LogP contribution in [0.5, 0.6) is 0 Å². The summed E-state index contributed by atoms with van der Waals surface area (Å²) in [4.78, 5) is 28.9. The molecule has 0 bridgehead atoms. The fourth-order valence-electron chi connectivity index (χ4n) is 3.20. The summed E-state index contributed by atoms with van der Waals surface area (Å²) in [5, 5.41) is 2.89. The Hall–Kier alpha value is -2.82. The molecule has 3 rings (SSSR count). The largest absolute Gasteiger partial charge is 0.378 e. The molecule has 1 fully saturated rings. The van der Waals surface area contributed by atoms with E-state index in [1.54, 1.807) is 24.3 Å². The summed E-state index contributed by atoms with van der Waals surface area (Å²) in [5.74, 6) is 0.554. The molecule has 1 N–H and O–H groups in total. The number of nitrogens with zero attached hydrogens (tertiary/aromatic N) is 2. The first-order valence-electron chi connectivity index (χ1n) is 9.42. The van der Waals surface area contributed by atoms with E-state index in [4.69, 9.17) is 0 Å². The number of hydrogen-bond donors (Lipinski definition) is 1. The van der Waals surface area contributed by atoms with Crippen molar-refractivity contribution < 1.29 is 9.59 Å². The standard InChI is InChI=1S/C22H27N3O2/c1-16-12-14-25(15-13-16)22(27)18-6-4-17(5-7-18)21(26)23-19-8-10-20(11-9-19)24(2)3/h4-11,16H,12-15H2,1-3H3,(H,23,26). The lowest BCUT2D eigenvalue weighted by molar-refractivity contribution is 0.0697. The van der Waals surface area contributed by atoms with Gasteiger partial charge in [-0.2, -0.15) is 0 Å². The first kappa shape index (κ1) is 19.0. The Labute approximate surface area is 161 Å². The summed E-state index contributed by atoms with van der Waals surface area (Å²) in [6.45, 7) is 3.85. The molecule has 2 aromatic rings. The number of amides is 2. The monoisotopic (exact) mass is 365 g/mol. The SMILES string of the molecule is CC1CCN(C(=O)c2ccc(C(=O)Nc3ccc(N(C)C)cc3)cc2)CC1. The summed E-state index contributed by atoms with van der Waals surface area (Å²) < 4.78 is 0. The van der Waals surface area contributed by atoms with Gasteiger partial charge in [-0.1, -0.05) is 6.92 Å². The van der Waals surface area contributed by atoms with Crippen molar-refractivity contribution in [3.05, 3.63) is 59.7 Å². The molecule has 0 radical (unpaired) electrons. The molecule has 1 aliphatic rings. The number of anilines is 2. The van der Waals surface area contributed by atoms with E-state index < -0.39 is 0 Å². The zero-order valence-electron chi connectivity index (χ0n) is 16.2. The third-order valence-electron chi connectivity index (χ3n) is 5.11. The van der Waals surface area contributed by atoms with Gasteiger partial charge in [-0.15, -0.1) is 0 Å². The molecule has 0 aromatic heterocycles. The Balaban J connectivity index is 1.62. The van der Waals surface area contributed by atoms with Crippen molar-refractivity contribution in [3.8, 4) is 0 Å². The Bertz CT molecular complexity index is 789. The van der Waals surface area contributed by atoms with Gasteiger partial charge in [-0.25, -0.2) is 0 Å². The van der Waals surface area contributed by atoms with Crippen LogP contribution in [0.2, 0.25) is 0 Å². The fraction of sp³-hybridized carbons (Fsp3) is 0.364. The van der Waals surface area contributed by atoms with Crippen molar-refractivity contribution in [1.82, 2.24) is 4.90 Å². The predicted octanol–water partition coefficient (Wildman–Crippen LogP) is 3.88. The highest BCUT2D eigenvalue weighted by Crippen LogP contribution is 2.19. The second kappa shape index (κ2) is 8.25. The minimum atomic E-state index is -0.182. The first-order chi connectivity index (χ1) is 12.9. The quantitative estimate of drug-likeness (QED) is 0.895. The van der Waals surface area contributed by atoms with E-state index >= 15 is 0 Å². The highest BCUT2D eigenvalue weighted by molar-refractivity contribution is 6.05. The van der Waals surface area contributed by atoms with Crippen LogP contribution in [0.25, 0.3) is 0 Å². The van der Waals surface area contributed by atoms with Crippen LogP contribution in [0.3, 0.4) is 0 Å². The van der Waals surface area contributed by atoms with Crippen molar-refractivity contribution in [2.75, 3.05) is 37.4 Å². The Morgan fingerprint density at radius 2 is 1.48 bits per heavy atom. The lowest BCUT2D eigenvalue weighted by atomic mass is 9.98. The molecule has 1 heterocycles. The number of likely N-dealkylation sites (tertiary alicyclic amines) is 1. The predicted molar refractivity (Wildman–Crippen MR) is 109 cm³/mol. The van der Waals surface area contributed by atoms with Gasteiger partial charge < -0.3 is 15.1 Å². The molecule has 0 unspecified atom stereocenters. The number of hydrogen-bond acceptors (Lipinski definition) is 3. The third-order valence-corrected chi connectivity index (χ3v) is 5.11. The van der Waals surface area contributed by atoms with Gasteiger partial charge in [0.25, 0.3) is 11.8 Å². The van der Waals surface area contributed by atoms with Crippen LogP contribution in [-0.4, -0.2) is 43.9 Å². The van der Waals surface area contributed by atoms with Crippen molar-refractivity contribution in [2.45, 2.75) is 19.8 Å². The van der Waals surface area contributed by atoms with Gasteiger partial charge in [0.1, 0.15) is 0 Å². The molecule has 5 nitrogen and oxygen atoms in total. The van der Waals surface area contributed by atoms with E-state index in [1.165, 1.54) is 0 Å². The topological polar surface area (TPSA) is 52.7 Å². The van der Waals surface area contributed by atoms with Crippen molar-refractivity contribution in [2.24, 2.45) is 5.92 Å². The zero-order chi connectivity index (χ0) is 19.4. The minimum absolute atomic E-state index is 0.0492. The molecular weight excluding hydrogens is 338 g/mol. The number of piperidine rings is 1. The third kappa shape index (κ3) is 4.67. The molecule has 27 heavy (non-hydrogen) atoms. The highest BCUT2D eigenvalue weighted by atomic mass is 16.2. The van der Waals surface area contributed by atoms with Gasteiger partial charge in [0.15, 0.2) is 0 Å². The minimum Gasteiger partial charge on any atom is -0.378 e. The van der Waals surface area contributed by atoms with E-state index in [-0.39, 0.29) is 11.8 Å². The number of benzene rings is 2. The van der Waals surface area contributed by atoms with Gasteiger partial charge in [0.05, 0.1) is 0 Å². The Kier molecular flexibility index (Phi) is 5.79. The normalized spacial score (nSPS) is 14.7. The van der Waals surface area contributed by atoms with Crippen LogP contribution in [0.15, 0.2) is 48.5 Å². The van der Waals surface area contributed by atoms with Crippen LogP contribution in [0.1, 0.15) is 40.5 Å². The van der Waals surface area contributed by atoms with Gasteiger partial charge in [0.2, 0.25) is 0 Å². The second-order valence-electron chi connectivity index (χ2n) is 7.45. The van der Waals surface area contributed by atoms with Gasteiger partial charge in [0, 0.05) is 49.7 Å². The van der Waals surface area contributed by atoms with Gasteiger partial charge >= 0.3 is 0 Å². The summed E-state index contributed by atoms with van der Waals surface area (Å²) in [7, 11) is 3.95. The Morgan fingerprint density at radius 1 is 0.926 bits per heavy atom. The van der Waals surface area contributed by atoms with Crippen LogP contribution < -0.4 is 10.2 Å². The van der Waals surface area contributed by atoms with Gasteiger partial charge in [-0.3, -0.25) is 9.59 Å². The molecule has 0 spiro atoms. The number of nitrogens with one attached hydrogen (secondary N) is 1. The van der Waals surface area contributed by atoms with E-state index in [1.807, 2.05) is 48.2 Å². The molecule has 1 aliphatic heterocycles. The number of carbonyl (C=O) groups excluding carboxylic acids is 2. The summed E-state index contributed by atoms with van der Waals surface area (Å²) in [6, 6.07) is 14.6. The number of carbonyl (C=O) groups is 2. The molecule has 1 saturated heterocycles. The van der Waals surface area contributed by atoms with Crippen LogP contribution in [0.4, 0.5) is 11.4 Å². The smallest absolute Gasteiger partial charge is 0.255 e. The molecule has 0 atom stereocenters. The molecule has 142 valence electrons. The molecule has 2 aromatic carbocycles. The molecule has 5 heteroatoms. The van der Waals surface area contributed by atoms with Crippen LogP contribution in [0, 0.1) is 5.92 Å². The maximum atomic E-state index is 12.6. The summed E-state index contributed by atoms with van der Waals surface area (Å²) in [6.07, 6.45) is 2.11. The van der Waals surface area contributed by atoms with Crippen molar-refractivity contribution in [1.29, 1.82) is 0 Å². The van der Waals surface area contributed by atoms with Crippen LogP contribution >= 0.6 is 0 Å². The van der Waals surface area contributed by atoms with E-state index in [0.717, 1.165) is 37.3 Å². The van der Waals surface area contributed by atoms with Crippen molar-refractivity contribution in [3.63, 3.8) is 0 Å². The first-order valence-corrected chi connectivity index (χ1v) is 9.42. The zero-order valence-corrected chi connectivity index (χ0v) is 16.2. The highest BCUT2D eigenvalue weighted by Gasteiger charge is 2.21. The van der Waals surface area contributed by atoms with Crippen molar-refractivity contribution >= 4 is 23.2 Å². The lowest BCUT2D eigenvalue weighted by Gasteiger charge is -2.30. The van der Waals surface area contributed by atoms with Gasteiger partial charge in [-0.05, 0) is 67.3 Å². The maximum absolute atomic E-state index is 12.6. The van der Waals surface area contributed by atoms with Crippen LogP contribution in [-0.2, 0) is 0 Å². The van der Waals surface area contributed by atoms with E-state index in [9.17, 15) is 9.59 Å². The summed E-state index contributed by atoms with van der Waals surface area (Å²) >= 11 is 0.